The second-order valence-corrected chi connectivity index (χ2v) is 4.42. The monoisotopic (exact) mass is 285 g/mol. The van der Waals surface area contributed by atoms with E-state index in [9.17, 15) is 9.59 Å². The van der Waals surface area contributed by atoms with Gasteiger partial charge < -0.3 is 14.7 Å². The Morgan fingerprint density at radius 1 is 1.05 bits per heavy atom. The zero-order valence-electron chi connectivity index (χ0n) is 11.7. The van der Waals surface area contributed by atoms with E-state index in [1.54, 1.807) is 37.4 Å². The minimum Gasteiger partial charge on any atom is -0.495 e. The van der Waals surface area contributed by atoms with Crippen LogP contribution in [0.15, 0.2) is 48.5 Å². The van der Waals surface area contributed by atoms with Crippen LogP contribution in [-0.2, 0) is 0 Å². The molecule has 1 amide bonds. The van der Waals surface area contributed by atoms with E-state index >= 15 is 0 Å². The molecule has 0 radical (unpaired) electrons. The molecule has 1 N–H and O–H groups in total. The molecule has 0 unspecified atom stereocenters. The topological polar surface area (TPSA) is 66.8 Å². The summed E-state index contributed by atoms with van der Waals surface area (Å²) in [6.07, 6.45) is 0. The van der Waals surface area contributed by atoms with Gasteiger partial charge in [0.2, 0.25) is 0 Å². The molecule has 5 nitrogen and oxygen atoms in total. The van der Waals surface area contributed by atoms with Crippen molar-refractivity contribution >= 4 is 17.6 Å². The standard InChI is InChI=1S/C16H15NO4/c1-17(13-8-3-4-9-14(13)21-2)15(18)11-6-5-7-12(10-11)16(19)20/h3-10H,1-2H3,(H,19,20). The molecule has 2 aromatic rings. The van der Waals surface area contributed by atoms with Crippen LogP contribution in [0, 0.1) is 0 Å². The Kier molecular flexibility index (Phi) is 4.23. The maximum atomic E-state index is 12.5. The highest BCUT2D eigenvalue weighted by molar-refractivity contribution is 6.07. The Hall–Kier alpha value is -2.82. The van der Waals surface area contributed by atoms with E-state index in [2.05, 4.69) is 0 Å². The fourth-order valence-electron chi connectivity index (χ4n) is 2.00. The molecule has 2 aromatic carbocycles. The fraction of sp³-hybridized carbons (Fsp3) is 0.125. The van der Waals surface area contributed by atoms with Crippen molar-refractivity contribution in [3.05, 3.63) is 59.7 Å². The minimum atomic E-state index is -1.07. The highest BCUT2D eigenvalue weighted by atomic mass is 16.5. The van der Waals surface area contributed by atoms with E-state index < -0.39 is 5.97 Å². The van der Waals surface area contributed by atoms with Crippen molar-refractivity contribution in [1.29, 1.82) is 0 Å². The van der Waals surface area contributed by atoms with Crippen molar-refractivity contribution in [3.63, 3.8) is 0 Å². The number of hydrogen-bond acceptors (Lipinski definition) is 3. The first-order valence-corrected chi connectivity index (χ1v) is 6.29. The molecule has 0 fully saturated rings. The third-order valence-electron chi connectivity index (χ3n) is 3.11. The van der Waals surface area contributed by atoms with E-state index in [4.69, 9.17) is 9.84 Å². The van der Waals surface area contributed by atoms with E-state index in [0.717, 1.165) is 0 Å². The molecule has 21 heavy (non-hydrogen) atoms. The molecule has 0 atom stereocenters. The summed E-state index contributed by atoms with van der Waals surface area (Å²) in [4.78, 5) is 24.9. The fourth-order valence-corrected chi connectivity index (χ4v) is 2.00. The lowest BCUT2D eigenvalue weighted by Gasteiger charge is -2.20. The number of anilines is 1. The van der Waals surface area contributed by atoms with Crippen LogP contribution in [0.4, 0.5) is 5.69 Å². The number of carbonyl (C=O) groups excluding carboxylic acids is 1. The predicted molar refractivity (Wildman–Crippen MR) is 79.1 cm³/mol. The maximum absolute atomic E-state index is 12.5. The summed E-state index contributed by atoms with van der Waals surface area (Å²) in [5.74, 6) is -0.796. The Morgan fingerprint density at radius 2 is 1.71 bits per heavy atom. The van der Waals surface area contributed by atoms with Crippen molar-refractivity contribution in [1.82, 2.24) is 0 Å². The van der Waals surface area contributed by atoms with E-state index in [1.807, 2.05) is 6.07 Å². The molecule has 0 aliphatic rings. The number of amides is 1. The number of nitrogens with zero attached hydrogens (tertiary/aromatic N) is 1. The summed E-state index contributed by atoms with van der Waals surface area (Å²) in [6, 6.07) is 13.1. The van der Waals surface area contributed by atoms with Crippen molar-refractivity contribution in [3.8, 4) is 5.75 Å². The summed E-state index contributed by atoms with van der Waals surface area (Å²) in [7, 11) is 3.15. The smallest absolute Gasteiger partial charge is 0.335 e. The van der Waals surface area contributed by atoms with Crippen molar-refractivity contribution in [2.75, 3.05) is 19.1 Å². The van der Waals surface area contributed by atoms with Crippen molar-refractivity contribution < 1.29 is 19.4 Å². The molecular weight excluding hydrogens is 270 g/mol. The average Bonchev–Trinajstić information content (AvgIpc) is 2.53. The predicted octanol–water partition coefficient (Wildman–Crippen LogP) is 2.67. The number of aromatic carboxylic acids is 1. The van der Waals surface area contributed by atoms with Gasteiger partial charge in [-0.1, -0.05) is 18.2 Å². The van der Waals surface area contributed by atoms with Gasteiger partial charge >= 0.3 is 5.97 Å². The quantitative estimate of drug-likeness (QED) is 0.937. The summed E-state index contributed by atoms with van der Waals surface area (Å²) < 4.78 is 5.23. The molecule has 0 aliphatic carbocycles. The van der Waals surface area contributed by atoms with Crippen LogP contribution < -0.4 is 9.64 Å². The molecule has 0 saturated heterocycles. The van der Waals surface area contributed by atoms with Gasteiger partial charge in [0.1, 0.15) is 5.75 Å². The number of methoxy groups -OCH3 is 1. The second-order valence-electron chi connectivity index (χ2n) is 4.42. The molecule has 0 saturated carbocycles. The maximum Gasteiger partial charge on any atom is 0.335 e. The zero-order valence-corrected chi connectivity index (χ0v) is 11.7. The van der Waals surface area contributed by atoms with Gasteiger partial charge in [-0.2, -0.15) is 0 Å². The number of para-hydroxylation sites is 2. The number of carboxylic acid groups (broad SMARTS) is 1. The average molecular weight is 285 g/mol. The van der Waals surface area contributed by atoms with Gasteiger partial charge in [0.25, 0.3) is 5.91 Å². The van der Waals surface area contributed by atoms with E-state index in [1.165, 1.54) is 24.1 Å². The molecule has 5 heteroatoms. The molecule has 2 rings (SSSR count). The first-order chi connectivity index (χ1) is 10.0. The number of carbonyl (C=O) groups is 2. The van der Waals surface area contributed by atoms with Crippen LogP contribution in [0.25, 0.3) is 0 Å². The highest BCUT2D eigenvalue weighted by Crippen LogP contribution is 2.27. The zero-order chi connectivity index (χ0) is 15.4. The molecule has 0 bridgehead atoms. The van der Waals surface area contributed by atoms with Crippen LogP contribution in [0.2, 0.25) is 0 Å². The Bertz CT molecular complexity index is 681. The Morgan fingerprint density at radius 3 is 2.38 bits per heavy atom. The van der Waals surface area contributed by atoms with E-state index in [-0.39, 0.29) is 11.5 Å². The lowest BCUT2D eigenvalue weighted by atomic mass is 10.1. The van der Waals surface area contributed by atoms with Gasteiger partial charge in [0, 0.05) is 12.6 Å². The minimum absolute atomic E-state index is 0.0780. The normalized spacial score (nSPS) is 10.0. The largest absolute Gasteiger partial charge is 0.495 e. The van der Waals surface area contributed by atoms with Crippen molar-refractivity contribution in [2.24, 2.45) is 0 Å². The molecule has 0 aliphatic heterocycles. The van der Waals surface area contributed by atoms with Crippen LogP contribution in [-0.4, -0.2) is 31.1 Å². The van der Waals surface area contributed by atoms with Gasteiger partial charge in [-0.3, -0.25) is 4.79 Å². The molecule has 0 heterocycles. The summed E-state index contributed by atoms with van der Waals surface area (Å²) in [5.41, 5.74) is 1.00. The highest BCUT2D eigenvalue weighted by Gasteiger charge is 2.17. The van der Waals surface area contributed by atoms with Crippen LogP contribution in [0.3, 0.4) is 0 Å². The van der Waals surface area contributed by atoms with Gasteiger partial charge in [-0.15, -0.1) is 0 Å². The number of hydrogen-bond donors (Lipinski definition) is 1. The number of benzene rings is 2. The van der Waals surface area contributed by atoms with Gasteiger partial charge in [-0.25, -0.2) is 4.79 Å². The van der Waals surface area contributed by atoms with Crippen LogP contribution >= 0.6 is 0 Å². The first kappa shape index (κ1) is 14.6. The van der Waals surface area contributed by atoms with Crippen LogP contribution in [0.5, 0.6) is 5.75 Å². The Balaban J connectivity index is 2.35. The molecule has 0 spiro atoms. The first-order valence-electron chi connectivity index (χ1n) is 6.29. The molecule has 0 aromatic heterocycles. The molecular formula is C16H15NO4. The molecule has 108 valence electrons. The lowest BCUT2D eigenvalue weighted by molar-refractivity contribution is 0.0697. The van der Waals surface area contributed by atoms with Crippen molar-refractivity contribution in [2.45, 2.75) is 0 Å². The van der Waals surface area contributed by atoms with Gasteiger partial charge in [0.05, 0.1) is 18.4 Å². The van der Waals surface area contributed by atoms with Gasteiger partial charge in [-0.05, 0) is 30.3 Å². The SMILES string of the molecule is COc1ccccc1N(C)C(=O)c1cccc(C(=O)O)c1. The second kappa shape index (κ2) is 6.09. The number of rotatable bonds is 4. The number of carboxylic acids is 1. The Labute approximate surface area is 122 Å². The van der Waals surface area contributed by atoms with Gasteiger partial charge in [0.15, 0.2) is 0 Å². The third kappa shape index (κ3) is 3.02. The van der Waals surface area contributed by atoms with Crippen LogP contribution in [0.1, 0.15) is 20.7 Å². The lowest BCUT2D eigenvalue weighted by Crippen LogP contribution is -2.26. The summed E-state index contributed by atoms with van der Waals surface area (Å²) in [5, 5.41) is 8.98. The third-order valence-corrected chi connectivity index (χ3v) is 3.11. The summed E-state index contributed by atoms with van der Waals surface area (Å²) >= 11 is 0. The number of ether oxygens (including phenoxy) is 1. The summed E-state index contributed by atoms with van der Waals surface area (Å²) in [6.45, 7) is 0. The van der Waals surface area contributed by atoms with E-state index in [0.29, 0.717) is 17.0 Å².